The number of halogens is 4. The van der Waals surface area contributed by atoms with Crippen LogP contribution >= 0.6 is 11.6 Å². The van der Waals surface area contributed by atoms with Crippen LogP contribution in [0.25, 0.3) is 5.52 Å². The fraction of sp³-hybridized carbons (Fsp3) is 0.609. The molecule has 0 aromatic carbocycles. The maximum absolute atomic E-state index is 13.8. The molecular weight excluding hydrogens is 473 g/mol. The molecule has 1 N–H and O–H groups in total. The molecule has 1 atom stereocenters. The number of piperazine rings is 1. The highest BCUT2D eigenvalue weighted by Gasteiger charge is 2.41. The topological polar surface area (TPSA) is 78.2 Å². The third kappa shape index (κ3) is 4.15. The Kier molecular flexibility index (Phi) is 5.79. The molecule has 2 aliphatic carbocycles. The van der Waals surface area contributed by atoms with Crippen molar-refractivity contribution in [3.8, 4) is 0 Å². The fourth-order valence-corrected chi connectivity index (χ4v) is 5.39. The van der Waals surface area contributed by atoms with Crippen molar-refractivity contribution in [2.45, 2.75) is 75.7 Å². The van der Waals surface area contributed by atoms with Crippen LogP contribution in [0.2, 0.25) is 5.02 Å². The summed E-state index contributed by atoms with van der Waals surface area (Å²) in [4.78, 5) is 29.3. The molecule has 34 heavy (non-hydrogen) atoms. The van der Waals surface area contributed by atoms with E-state index in [-0.39, 0.29) is 52.8 Å². The Morgan fingerprint density at radius 2 is 1.82 bits per heavy atom. The van der Waals surface area contributed by atoms with Gasteiger partial charge in [-0.3, -0.25) is 9.59 Å². The Balaban J connectivity index is 1.43. The number of amides is 2. The molecular formula is C23H26ClF3N4O3. The Morgan fingerprint density at radius 3 is 2.44 bits per heavy atom. The average Bonchev–Trinajstić information content (AvgIpc) is 3.58. The predicted octanol–water partition coefficient (Wildman–Crippen LogP) is 3.86. The molecule has 2 amide bonds. The molecule has 0 bridgehead atoms. The van der Waals surface area contributed by atoms with Crippen molar-refractivity contribution < 1.29 is 27.9 Å². The second kappa shape index (κ2) is 8.41. The van der Waals surface area contributed by atoms with Crippen LogP contribution < -0.4 is 0 Å². The molecule has 3 fully saturated rings. The molecule has 2 saturated carbocycles. The predicted molar refractivity (Wildman–Crippen MR) is 118 cm³/mol. The highest BCUT2D eigenvalue weighted by atomic mass is 35.5. The van der Waals surface area contributed by atoms with Gasteiger partial charge in [-0.15, -0.1) is 0 Å². The lowest BCUT2D eigenvalue weighted by Gasteiger charge is -2.44. The first-order chi connectivity index (χ1) is 16.0. The number of rotatable bonds is 3. The Labute approximate surface area is 199 Å². The van der Waals surface area contributed by atoms with Gasteiger partial charge in [-0.05, 0) is 69.1 Å². The fourth-order valence-electron chi connectivity index (χ4n) is 5.14. The van der Waals surface area contributed by atoms with Gasteiger partial charge in [-0.1, -0.05) is 11.6 Å². The summed E-state index contributed by atoms with van der Waals surface area (Å²) in [6.45, 7) is 1.92. The van der Waals surface area contributed by atoms with E-state index in [1.54, 1.807) is 17.9 Å². The number of carbonyl (C=O) groups excluding carboxylic acids is 2. The lowest BCUT2D eigenvalue weighted by atomic mass is 9.91. The molecule has 0 spiro atoms. The summed E-state index contributed by atoms with van der Waals surface area (Å²) in [5, 5.41) is 13.6. The van der Waals surface area contributed by atoms with Crippen LogP contribution in [-0.4, -0.2) is 67.6 Å². The highest BCUT2D eigenvalue weighted by molar-refractivity contribution is 6.36. The van der Waals surface area contributed by atoms with Crippen molar-refractivity contribution in [1.82, 2.24) is 19.4 Å². The van der Waals surface area contributed by atoms with Crippen LogP contribution in [0.1, 0.15) is 73.1 Å². The summed E-state index contributed by atoms with van der Waals surface area (Å²) < 4.78 is 42.0. The average molecular weight is 499 g/mol. The van der Waals surface area contributed by atoms with Gasteiger partial charge < -0.3 is 14.9 Å². The van der Waals surface area contributed by atoms with E-state index < -0.39 is 17.8 Å². The zero-order chi connectivity index (χ0) is 24.4. The van der Waals surface area contributed by atoms with Gasteiger partial charge in [0.25, 0.3) is 5.91 Å². The number of nitrogens with zero attached hydrogens (tertiary/aromatic N) is 4. The summed E-state index contributed by atoms with van der Waals surface area (Å²) in [6, 6.07) is 2.31. The molecule has 0 radical (unpaired) electrons. The third-order valence-electron chi connectivity index (χ3n) is 7.22. The smallest absolute Gasteiger partial charge is 0.393 e. The van der Waals surface area contributed by atoms with Gasteiger partial charge in [0.2, 0.25) is 5.91 Å². The first-order valence-corrected chi connectivity index (χ1v) is 12.0. The number of aliphatic hydroxyl groups is 1. The minimum absolute atomic E-state index is 0.0181. The Bertz CT molecular complexity index is 1140. The molecule has 2 aromatic rings. The van der Waals surface area contributed by atoms with E-state index in [2.05, 4.69) is 5.10 Å². The molecule has 1 unspecified atom stereocenters. The summed E-state index contributed by atoms with van der Waals surface area (Å²) in [5.41, 5.74) is -0.675. The maximum Gasteiger partial charge on any atom is 0.433 e. The maximum atomic E-state index is 13.8. The molecule has 1 aliphatic heterocycles. The van der Waals surface area contributed by atoms with Gasteiger partial charge >= 0.3 is 6.18 Å². The van der Waals surface area contributed by atoms with Gasteiger partial charge in [-0.25, -0.2) is 4.52 Å². The minimum atomic E-state index is -4.67. The number of alkyl halides is 3. The van der Waals surface area contributed by atoms with Crippen LogP contribution in [0.15, 0.2) is 12.1 Å². The Hall–Kier alpha value is -2.33. The van der Waals surface area contributed by atoms with Gasteiger partial charge in [0, 0.05) is 18.6 Å². The standard InChI is InChI=1S/C23H26ClF3N4O3/c1-12-10-30(15-4-6-16(32)7-5-15)19(33)11-29(12)22(34)21-20(24)17-8-14(13-2-3-13)9-18(23(25,26)27)31(17)28-21/h8-9,12-13,15-16,32H,2-7,10-11H2,1H3. The summed E-state index contributed by atoms with van der Waals surface area (Å²) in [6.07, 6.45) is -0.708. The second-order valence-corrected chi connectivity index (χ2v) is 10.1. The third-order valence-corrected chi connectivity index (χ3v) is 7.60. The van der Waals surface area contributed by atoms with Crippen LogP contribution in [0.4, 0.5) is 13.2 Å². The van der Waals surface area contributed by atoms with Crippen LogP contribution in [-0.2, 0) is 11.0 Å². The van der Waals surface area contributed by atoms with E-state index in [1.165, 1.54) is 4.90 Å². The second-order valence-electron chi connectivity index (χ2n) is 9.70. The van der Waals surface area contributed by atoms with Crippen LogP contribution in [0.5, 0.6) is 0 Å². The molecule has 1 saturated heterocycles. The monoisotopic (exact) mass is 498 g/mol. The zero-order valence-electron chi connectivity index (χ0n) is 18.7. The van der Waals surface area contributed by atoms with Crippen molar-refractivity contribution in [2.24, 2.45) is 0 Å². The van der Waals surface area contributed by atoms with E-state index in [4.69, 9.17) is 11.6 Å². The van der Waals surface area contributed by atoms with E-state index in [0.717, 1.165) is 18.9 Å². The quantitative estimate of drug-likeness (QED) is 0.697. The van der Waals surface area contributed by atoms with Crippen molar-refractivity contribution >= 4 is 28.9 Å². The van der Waals surface area contributed by atoms with E-state index in [9.17, 15) is 27.9 Å². The first kappa shape index (κ1) is 23.4. The number of aromatic nitrogens is 2. The molecule has 7 nitrogen and oxygen atoms in total. The number of carbonyl (C=O) groups is 2. The van der Waals surface area contributed by atoms with Crippen molar-refractivity contribution in [1.29, 1.82) is 0 Å². The van der Waals surface area contributed by atoms with Gasteiger partial charge in [0.1, 0.15) is 12.2 Å². The normalized spacial score (nSPS) is 26.4. The van der Waals surface area contributed by atoms with E-state index in [1.807, 2.05) is 0 Å². The summed E-state index contributed by atoms with van der Waals surface area (Å²) in [7, 11) is 0. The number of hydrogen-bond acceptors (Lipinski definition) is 4. The number of fused-ring (bicyclic) bond motifs is 1. The van der Waals surface area contributed by atoms with E-state index in [0.29, 0.717) is 42.3 Å². The van der Waals surface area contributed by atoms with Gasteiger partial charge in [0.05, 0.1) is 16.6 Å². The molecule has 184 valence electrons. The van der Waals surface area contributed by atoms with Gasteiger partial charge in [-0.2, -0.15) is 18.3 Å². The molecule has 3 heterocycles. The molecule has 5 rings (SSSR count). The number of hydrogen-bond donors (Lipinski definition) is 1. The van der Waals surface area contributed by atoms with Crippen molar-refractivity contribution in [3.63, 3.8) is 0 Å². The lowest BCUT2D eigenvalue weighted by Crippen LogP contribution is -2.60. The number of aliphatic hydroxyl groups excluding tert-OH is 1. The molecule has 3 aliphatic rings. The zero-order valence-corrected chi connectivity index (χ0v) is 19.4. The first-order valence-electron chi connectivity index (χ1n) is 11.6. The van der Waals surface area contributed by atoms with Crippen molar-refractivity contribution in [2.75, 3.05) is 13.1 Å². The Morgan fingerprint density at radius 1 is 1.15 bits per heavy atom. The van der Waals surface area contributed by atoms with Crippen LogP contribution in [0, 0.1) is 0 Å². The molecule has 2 aromatic heterocycles. The van der Waals surface area contributed by atoms with Crippen LogP contribution in [0.3, 0.4) is 0 Å². The van der Waals surface area contributed by atoms with Crippen molar-refractivity contribution in [3.05, 3.63) is 34.1 Å². The summed E-state index contributed by atoms with van der Waals surface area (Å²) >= 11 is 6.42. The van der Waals surface area contributed by atoms with E-state index >= 15 is 0 Å². The minimum Gasteiger partial charge on any atom is -0.393 e. The molecule has 11 heteroatoms. The SMILES string of the molecule is CC1CN(C2CCC(O)CC2)C(=O)CN1C(=O)c1nn2c(C(F)(F)F)cc(C3CC3)cc2c1Cl. The lowest BCUT2D eigenvalue weighted by molar-refractivity contribution is -0.142. The number of pyridine rings is 1. The van der Waals surface area contributed by atoms with Gasteiger partial charge in [0.15, 0.2) is 5.69 Å². The summed E-state index contributed by atoms with van der Waals surface area (Å²) in [5.74, 6) is -0.822. The highest BCUT2D eigenvalue weighted by Crippen LogP contribution is 2.43. The largest absolute Gasteiger partial charge is 0.433 e.